The number of anilines is 1. The number of rotatable bonds is 2. The van der Waals surface area contributed by atoms with Crippen LogP contribution in [0.15, 0.2) is 22.7 Å². The first-order chi connectivity index (χ1) is 7.59. The molecule has 1 N–H and O–H groups in total. The van der Waals surface area contributed by atoms with Gasteiger partial charge in [0.1, 0.15) is 6.04 Å². The molecule has 1 saturated heterocycles. The number of nitrogens with one attached hydrogen (secondary N) is 1. The van der Waals surface area contributed by atoms with Gasteiger partial charge >= 0.3 is 0 Å². The Morgan fingerprint density at radius 3 is 2.94 bits per heavy atom. The first-order valence-electron chi connectivity index (χ1n) is 5.05. The van der Waals surface area contributed by atoms with Crippen LogP contribution in [0.5, 0.6) is 0 Å². The standard InChI is InChI=1S/C11H12BrClN2O/c1-15-6-5-9(11(15)16)14-8-4-2-3-7(13)10(8)12/h2-4,9,14H,5-6H2,1H3. The summed E-state index contributed by atoms with van der Waals surface area (Å²) in [5, 5.41) is 3.85. The van der Waals surface area contributed by atoms with Gasteiger partial charge in [0.15, 0.2) is 0 Å². The molecule has 2 rings (SSSR count). The maximum Gasteiger partial charge on any atom is 0.244 e. The summed E-state index contributed by atoms with van der Waals surface area (Å²) < 4.78 is 0.805. The summed E-state index contributed by atoms with van der Waals surface area (Å²) in [7, 11) is 1.82. The Balaban J connectivity index is 2.16. The van der Waals surface area contributed by atoms with E-state index in [2.05, 4.69) is 21.2 Å². The third-order valence-electron chi connectivity index (χ3n) is 2.71. The second kappa shape index (κ2) is 4.63. The van der Waals surface area contributed by atoms with Crippen molar-refractivity contribution in [3.8, 4) is 0 Å². The molecule has 0 spiro atoms. The van der Waals surface area contributed by atoms with Crippen molar-refractivity contribution >= 4 is 39.1 Å². The van der Waals surface area contributed by atoms with Gasteiger partial charge < -0.3 is 10.2 Å². The molecule has 0 bridgehead atoms. The van der Waals surface area contributed by atoms with E-state index in [9.17, 15) is 4.79 Å². The van der Waals surface area contributed by atoms with Crippen LogP contribution in [0.3, 0.4) is 0 Å². The van der Waals surface area contributed by atoms with Crippen molar-refractivity contribution in [1.29, 1.82) is 0 Å². The quantitative estimate of drug-likeness (QED) is 0.911. The fourth-order valence-electron chi connectivity index (χ4n) is 1.76. The number of hydrogen-bond acceptors (Lipinski definition) is 2. The highest BCUT2D eigenvalue weighted by atomic mass is 79.9. The second-order valence-corrected chi connectivity index (χ2v) is 5.05. The number of benzene rings is 1. The molecule has 0 aliphatic carbocycles. The van der Waals surface area contributed by atoms with Gasteiger partial charge in [-0.05, 0) is 34.5 Å². The van der Waals surface area contributed by atoms with Crippen LogP contribution < -0.4 is 5.32 Å². The van der Waals surface area contributed by atoms with Crippen LogP contribution in [0.2, 0.25) is 5.02 Å². The van der Waals surface area contributed by atoms with E-state index in [0.29, 0.717) is 5.02 Å². The SMILES string of the molecule is CN1CCC(Nc2cccc(Cl)c2Br)C1=O. The van der Waals surface area contributed by atoms with Gasteiger partial charge in [-0.15, -0.1) is 0 Å². The van der Waals surface area contributed by atoms with Crippen LogP contribution in [-0.2, 0) is 4.79 Å². The summed E-state index contributed by atoms with van der Waals surface area (Å²) >= 11 is 9.39. The van der Waals surface area contributed by atoms with E-state index < -0.39 is 0 Å². The van der Waals surface area contributed by atoms with Crippen molar-refractivity contribution < 1.29 is 4.79 Å². The normalized spacial score (nSPS) is 20.3. The molecule has 1 heterocycles. The highest BCUT2D eigenvalue weighted by molar-refractivity contribution is 9.10. The molecule has 86 valence electrons. The molecule has 0 aromatic heterocycles. The summed E-state index contributed by atoms with van der Waals surface area (Å²) in [6, 6.07) is 5.43. The number of likely N-dealkylation sites (N-methyl/N-ethyl adjacent to an activating group) is 1. The van der Waals surface area contributed by atoms with Crippen molar-refractivity contribution in [2.75, 3.05) is 18.9 Å². The van der Waals surface area contributed by atoms with E-state index in [1.165, 1.54) is 0 Å². The molecule has 1 aromatic carbocycles. The fourth-order valence-corrected chi connectivity index (χ4v) is 2.31. The smallest absolute Gasteiger partial charge is 0.244 e. The van der Waals surface area contributed by atoms with Crippen molar-refractivity contribution in [1.82, 2.24) is 4.90 Å². The number of hydrogen-bond donors (Lipinski definition) is 1. The third kappa shape index (κ3) is 2.18. The lowest BCUT2D eigenvalue weighted by atomic mass is 10.2. The number of carbonyl (C=O) groups excluding carboxylic acids is 1. The predicted molar refractivity (Wildman–Crippen MR) is 68.8 cm³/mol. The highest BCUT2D eigenvalue weighted by Crippen LogP contribution is 2.31. The molecule has 5 heteroatoms. The molecule has 1 aromatic rings. The van der Waals surface area contributed by atoms with Crippen LogP contribution in [-0.4, -0.2) is 30.4 Å². The number of amides is 1. The van der Waals surface area contributed by atoms with Gasteiger partial charge in [0.25, 0.3) is 0 Å². The Bertz CT molecular complexity index is 424. The second-order valence-electron chi connectivity index (χ2n) is 3.85. The highest BCUT2D eigenvalue weighted by Gasteiger charge is 2.29. The zero-order valence-corrected chi connectivity index (χ0v) is 11.2. The van der Waals surface area contributed by atoms with Gasteiger partial charge in [-0.25, -0.2) is 0 Å². The summed E-state index contributed by atoms with van der Waals surface area (Å²) in [6.45, 7) is 0.800. The van der Waals surface area contributed by atoms with Crippen LogP contribution in [0.1, 0.15) is 6.42 Å². The molecular weight excluding hydrogens is 291 g/mol. The number of nitrogens with zero attached hydrogens (tertiary/aromatic N) is 1. The largest absolute Gasteiger partial charge is 0.373 e. The molecule has 1 fully saturated rings. The van der Waals surface area contributed by atoms with Gasteiger partial charge in [0.2, 0.25) is 5.91 Å². The van der Waals surface area contributed by atoms with E-state index in [1.807, 2.05) is 19.2 Å². The van der Waals surface area contributed by atoms with Gasteiger partial charge in [-0.2, -0.15) is 0 Å². The van der Waals surface area contributed by atoms with Crippen LogP contribution in [0.25, 0.3) is 0 Å². The molecule has 1 atom stereocenters. The van der Waals surface area contributed by atoms with Crippen molar-refractivity contribution in [3.63, 3.8) is 0 Å². The van der Waals surface area contributed by atoms with Gasteiger partial charge in [0.05, 0.1) is 15.2 Å². The minimum absolute atomic E-state index is 0.131. The van der Waals surface area contributed by atoms with Gasteiger partial charge in [0, 0.05) is 13.6 Å². The van der Waals surface area contributed by atoms with E-state index in [0.717, 1.165) is 23.1 Å². The Labute approximate surface area is 108 Å². The molecule has 3 nitrogen and oxygen atoms in total. The first-order valence-corrected chi connectivity index (χ1v) is 6.22. The van der Waals surface area contributed by atoms with Gasteiger partial charge in [-0.1, -0.05) is 17.7 Å². The Morgan fingerprint density at radius 2 is 2.31 bits per heavy atom. The monoisotopic (exact) mass is 302 g/mol. The Morgan fingerprint density at radius 1 is 1.56 bits per heavy atom. The number of halogens is 2. The van der Waals surface area contributed by atoms with E-state index in [-0.39, 0.29) is 11.9 Å². The zero-order chi connectivity index (χ0) is 11.7. The van der Waals surface area contributed by atoms with E-state index in [4.69, 9.17) is 11.6 Å². The Kier molecular flexibility index (Phi) is 3.40. The first kappa shape index (κ1) is 11.7. The molecule has 1 aliphatic rings. The molecule has 1 aliphatic heterocycles. The zero-order valence-electron chi connectivity index (χ0n) is 8.84. The van der Waals surface area contributed by atoms with Gasteiger partial charge in [-0.3, -0.25) is 4.79 Å². The predicted octanol–water partition coefficient (Wildman–Crippen LogP) is 2.75. The van der Waals surface area contributed by atoms with Crippen molar-refractivity contribution in [2.45, 2.75) is 12.5 Å². The number of likely N-dealkylation sites (tertiary alicyclic amines) is 1. The minimum atomic E-state index is -0.139. The fraction of sp³-hybridized carbons (Fsp3) is 0.364. The van der Waals surface area contributed by atoms with E-state index >= 15 is 0 Å². The molecule has 0 radical (unpaired) electrons. The van der Waals surface area contributed by atoms with Crippen molar-refractivity contribution in [3.05, 3.63) is 27.7 Å². The average molecular weight is 304 g/mol. The molecule has 1 unspecified atom stereocenters. The Hall–Kier alpha value is -0.740. The van der Waals surface area contributed by atoms with Crippen LogP contribution >= 0.6 is 27.5 Å². The van der Waals surface area contributed by atoms with Crippen LogP contribution in [0, 0.1) is 0 Å². The van der Waals surface area contributed by atoms with Crippen molar-refractivity contribution in [2.24, 2.45) is 0 Å². The summed E-state index contributed by atoms with van der Waals surface area (Å²) in [6.07, 6.45) is 0.828. The maximum absolute atomic E-state index is 11.7. The van der Waals surface area contributed by atoms with Crippen LogP contribution in [0.4, 0.5) is 5.69 Å². The molecule has 1 amide bonds. The molecular formula is C11H12BrClN2O. The number of carbonyl (C=O) groups is 1. The topological polar surface area (TPSA) is 32.3 Å². The lowest BCUT2D eigenvalue weighted by molar-refractivity contribution is -0.127. The summed E-state index contributed by atoms with van der Waals surface area (Å²) in [4.78, 5) is 13.5. The lowest BCUT2D eigenvalue weighted by Gasteiger charge is -2.15. The van der Waals surface area contributed by atoms with E-state index in [1.54, 1.807) is 11.0 Å². The minimum Gasteiger partial charge on any atom is -0.373 e. The summed E-state index contributed by atoms with van der Waals surface area (Å²) in [5.74, 6) is 0.131. The lowest BCUT2D eigenvalue weighted by Crippen LogP contribution is -2.31. The maximum atomic E-state index is 11.7. The average Bonchev–Trinajstić information content (AvgIpc) is 2.57. The molecule has 0 saturated carbocycles. The third-order valence-corrected chi connectivity index (χ3v) is 4.11. The summed E-state index contributed by atoms with van der Waals surface area (Å²) in [5.41, 5.74) is 0.862. The molecule has 16 heavy (non-hydrogen) atoms.